The predicted molar refractivity (Wildman–Crippen MR) is 317 cm³/mol. The molecule has 0 aromatic heterocycles. The standard InChI is InChI=1S/C64H97N7O12/c1-13-43(6)49(52(81-11)39-57(76)70-36-23-29-51(70)61(82-12)46(9)62(78)65-50(38-47-25-17-14-18-26-47)64(80)83-40-48-27-19-15-20-28-48)37-44(7)45(8)60(77)58(41(2)3)66-63(79)59(42(4)5)69(10)34-24-31-54(73)68-67-53(72)30-21-16-22-35-71-55(74)32-33-56(71)75/h14-15,17-20,25-28,32-33,41-46,49-52,58-59,61H,13,16,21-24,29-31,34-40H2,1-12H3,(H,65,78)(H,66,79)(H,67,72)(H,68,73). The highest BCUT2D eigenvalue weighted by atomic mass is 16.5. The average molecular weight is 1160 g/mol. The number of nitrogens with zero attached hydrogens (tertiary/aromatic N) is 3. The van der Waals surface area contributed by atoms with E-state index in [0.717, 1.165) is 28.9 Å². The van der Waals surface area contributed by atoms with E-state index in [0.29, 0.717) is 58.2 Å². The van der Waals surface area contributed by atoms with E-state index >= 15 is 0 Å². The lowest BCUT2D eigenvalue weighted by Crippen LogP contribution is -2.55. The fraction of sp³-hybridized carbons (Fsp3) is 0.641. The Morgan fingerprint density at radius 1 is 0.699 bits per heavy atom. The van der Waals surface area contributed by atoms with Crippen molar-refractivity contribution in [3.63, 3.8) is 0 Å². The molecule has 460 valence electrons. The van der Waals surface area contributed by atoms with Gasteiger partial charge in [0.05, 0.1) is 42.7 Å². The molecule has 19 heteroatoms. The van der Waals surface area contributed by atoms with E-state index in [1.54, 1.807) is 21.1 Å². The molecule has 1 saturated heterocycles. The summed E-state index contributed by atoms with van der Waals surface area (Å²) in [6, 6.07) is 16.0. The van der Waals surface area contributed by atoms with Crippen molar-refractivity contribution in [1.82, 2.24) is 36.2 Å². The second kappa shape index (κ2) is 35.1. The molecule has 4 N–H and O–H groups in total. The lowest BCUT2D eigenvalue weighted by atomic mass is 9.74. The molecule has 2 aromatic carbocycles. The van der Waals surface area contributed by atoms with Gasteiger partial charge in [-0.3, -0.25) is 59.0 Å². The number of rotatable bonds is 36. The van der Waals surface area contributed by atoms with Gasteiger partial charge in [-0.2, -0.15) is 0 Å². The fourth-order valence-corrected chi connectivity index (χ4v) is 11.5. The van der Waals surface area contributed by atoms with Gasteiger partial charge in [0.2, 0.25) is 29.5 Å². The van der Waals surface area contributed by atoms with Gasteiger partial charge in [-0.05, 0) is 92.8 Å². The van der Waals surface area contributed by atoms with Gasteiger partial charge >= 0.3 is 5.97 Å². The number of nitrogens with one attached hydrogen (secondary N) is 4. The van der Waals surface area contributed by atoms with Gasteiger partial charge in [-0.1, -0.05) is 136 Å². The number of carbonyl (C=O) groups is 9. The Bertz CT molecular complexity index is 2440. The fourth-order valence-electron chi connectivity index (χ4n) is 11.5. The number of Topliss-reactive ketones (excluding diaryl/α,β-unsaturated/α-hetero) is 1. The molecule has 0 saturated carbocycles. The molecule has 11 unspecified atom stereocenters. The number of ketones is 1. The van der Waals surface area contributed by atoms with Crippen LogP contribution < -0.4 is 21.5 Å². The first-order chi connectivity index (χ1) is 39.5. The summed E-state index contributed by atoms with van der Waals surface area (Å²) < 4.78 is 18.0. The number of benzene rings is 2. The van der Waals surface area contributed by atoms with Gasteiger partial charge < -0.3 is 29.7 Å². The topological polar surface area (TPSA) is 239 Å². The second-order valence-electron chi connectivity index (χ2n) is 23.6. The van der Waals surface area contributed by atoms with Crippen LogP contribution in [0.3, 0.4) is 0 Å². The molecule has 0 radical (unpaired) electrons. The van der Waals surface area contributed by atoms with Crippen molar-refractivity contribution < 1.29 is 57.4 Å². The van der Waals surface area contributed by atoms with Crippen molar-refractivity contribution in [3.05, 3.63) is 83.9 Å². The van der Waals surface area contributed by atoms with Crippen LogP contribution in [0, 0.1) is 41.4 Å². The van der Waals surface area contributed by atoms with Crippen molar-refractivity contribution in [1.29, 1.82) is 0 Å². The molecular weight excluding hydrogens is 1060 g/mol. The number of esters is 1. The van der Waals surface area contributed by atoms with Crippen LogP contribution in [0.5, 0.6) is 0 Å². The first-order valence-corrected chi connectivity index (χ1v) is 30.1. The van der Waals surface area contributed by atoms with E-state index in [-0.39, 0.29) is 109 Å². The van der Waals surface area contributed by atoms with E-state index in [9.17, 15) is 43.2 Å². The molecule has 83 heavy (non-hydrogen) atoms. The molecule has 2 aliphatic rings. The minimum atomic E-state index is -0.963. The Balaban J connectivity index is 1.32. The third-order valence-electron chi connectivity index (χ3n) is 16.9. The number of hydrazine groups is 1. The third kappa shape index (κ3) is 21.4. The van der Waals surface area contributed by atoms with Gasteiger partial charge in [-0.25, -0.2) is 4.79 Å². The SMILES string of the molecule is CCC(C)C(CC(C)C(C)C(=O)C(NC(=O)C(C(C)C)N(C)CCCC(=O)NNC(=O)CCCCCN1C(=O)C=CC1=O)C(C)C)C(CC(=O)N1CCCC1C(OC)C(C)C(=O)NC(Cc1ccccc1)C(=O)OCc1ccccc1)OC. The molecule has 2 heterocycles. The number of imide groups is 1. The van der Waals surface area contributed by atoms with E-state index in [2.05, 4.69) is 35.3 Å². The number of likely N-dealkylation sites (N-methyl/N-ethyl adjacent to an activating group) is 1. The zero-order valence-corrected chi connectivity index (χ0v) is 51.5. The molecule has 7 amide bonds. The van der Waals surface area contributed by atoms with Crippen LogP contribution >= 0.6 is 0 Å². The van der Waals surface area contributed by atoms with Gasteiger partial charge in [-0.15, -0.1) is 0 Å². The number of hydrogen-bond donors (Lipinski definition) is 4. The van der Waals surface area contributed by atoms with Crippen LogP contribution in [0.4, 0.5) is 0 Å². The number of hydrogen-bond acceptors (Lipinski definition) is 13. The maximum Gasteiger partial charge on any atom is 0.329 e. The number of methoxy groups -OCH3 is 2. The van der Waals surface area contributed by atoms with Crippen molar-refractivity contribution in [2.45, 2.75) is 182 Å². The highest BCUT2D eigenvalue weighted by Crippen LogP contribution is 2.35. The summed E-state index contributed by atoms with van der Waals surface area (Å²) in [6.45, 7) is 18.9. The molecule has 1 fully saturated rings. The number of ether oxygens (including phenoxy) is 3. The van der Waals surface area contributed by atoms with Gasteiger partial charge in [0.25, 0.3) is 11.8 Å². The minimum Gasteiger partial charge on any atom is -0.459 e. The van der Waals surface area contributed by atoms with E-state index in [1.165, 1.54) is 12.2 Å². The lowest BCUT2D eigenvalue weighted by molar-refractivity contribution is -0.150. The van der Waals surface area contributed by atoms with Crippen LogP contribution in [0.1, 0.15) is 144 Å². The average Bonchev–Trinajstić information content (AvgIpc) is 4.09. The zero-order valence-electron chi connectivity index (χ0n) is 51.5. The highest BCUT2D eigenvalue weighted by molar-refractivity contribution is 6.12. The van der Waals surface area contributed by atoms with E-state index in [1.807, 2.05) is 119 Å². The zero-order chi connectivity index (χ0) is 61.3. The van der Waals surface area contributed by atoms with Gasteiger partial charge in [0.15, 0.2) is 5.78 Å². The summed E-state index contributed by atoms with van der Waals surface area (Å²) in [6.07, 6.45) is 6.79. The Kier molecular flexibility index (Phi) is 29.3. The van der Waals surface area contributed by atoms with Crippen LogP contribution in [-0.2, 0) is 70.4 Å². The summed E-state index contributed by atoms with van der Waals surface area (Å²) >= 11 is 0. The minimum absolute atomic E-state index is 0.0607. The molecule has 2 aliphatic heterocycles. The first-order valence-electron chi connectivity index (χ1n) is 30.1. The molecule has 0 spiro atoms. The summed E-state index contributed by atoms with van der Waals surface area (Å²) in [5, 5.41) is 6.07. The summed E-state index contributed by atoms with van der Waals surface area (Å²) in [5.74, 6) is -4.47. The lowest BCUT2D eigenvalue weighted by Gasteiger charge is -2.37. The normalized spacial score (nSPS) is 18.0. The van der Waals surface area contributed by atoms with Crippen LogP contribution in [0.2, 0.25) is 0 Å². The van der Waals surface area contributed by atoms with Crippen molar-refractivity contribution in [3.8, 4) is 0 Å². The van der Waals surface area contributed by atoms with Crippen LogP contribution in [0.25, 0.3) is 0 Å². The molecule has 4 rings (SSSR count). The molecular formula is C64H97N7O12. The van der Waals surface area contributed by atoms with Crippen molar-refractivity contribution in [2.75, 3.05) is 40.9 Å². The Morgan fingerprint density at radius 2 is 1.30 bits per heavy atom. The molecule has 0 aliphatic carbocycles. The Hall–Kier alpha value is -6.31. The number of amides is 7. The Labute approximate surface area is 493 Å². The predicted octanol–water partition coefficient (Wildman–Crippen LogP) is 6.91. The van der Waals surface area contributed by atoms with E-state index in [4.69, 9.17) is 14.2 Å². The van der Waals surface area contributed by atoms with Crippen molar-refractivity contribution >= 4 is 53.1 Å². The van der Waals surface area contributed by atoms with Gasteiger partial charge in [0.1, 0.15) is 12.6 Å². The van der Waals surface area contributed by atoms with Crippen LogP contribution in [-0.4, -0.2) is 145 Å². The summed E-state index contributed by atoms with van der Waals surface area (Å²) in [4.78, 5) is 124. The quantitative estimate of drug-likeness (QED) is 0.0235. The molecule has 2 aromatic rings. The molecule has 19 nitrogen and oxygen atoms in total. The first kappa shape index (κ1) is 69.2. The highest BCUT2D eigenvalue weighted by Gasteiger charge is 2.43. The number of likely N-dealkylation sites (tertiary alicyclic amines) is 1. The second-order valence-corrected chi connectivity index (χ2v) is 23.6. The van der Waals surface area contributed by atoms with Crippen molar-refractivity contribution in [2.24, 2.45) is 41.4 Å². The molecule has 11 atom stereocenters. The molecule has 0 bridgehead atoms. The monoisotopic (exact) mass is 1160 g/mol. The number of unbranched alkanes of at least 4 members (excludes halogenated alkanes) is 2. The summed E-state index contributed by atoms with van der Waals surface area (Å²) in [7, 11) is 4.98. The van der Waals surface area contributed by atoms with Gasteiger partial charge in [0, 0.05) is 64.6 Å². The smallest absolute Gasteiger partial charge is 0.329 e. The Morgan fingerprint density at radius 3 is 1.87 bits per heavy atom. The van der Waals surface area contributed by atoms with Crippen LogP contribution in [0.15, 0.2) is 72.8 Å². The maximum atomic E-state index is 14.6. The summed E-state index contributed by atoms with van der Waals surface area (Å²) in [5.41, 5.74) is 6.57. The van der Waals surface area contributed by atoms with E-state index < -0.39 is 54.2 Å². The maximum absolute atomic E-state index is 14.6. The largest absolute Gasteiger partial charge is 0.459 e. The third-order valence-corrected chi connectivity index (χ3v) is 16.9. The number of carbonyl (C=O) groups excluding carboxylic acids is 9.